The van der Waals surface area contributed by atoms with Gasteiger partial charge in [0, 0.05) is 38.1 Å². The predicted octanol–water partition coefficient (Wildman–Crippen LogP) is 2.85. The Labute approximate surface area is 160 Å². The molecule has 1 saturated heterocycles. The van der Waals surface area contributed by atoms with E-state index in [1.165, 1.54) is 5.69 Å². The van der Waals surface area contributed by atoms with Crippen molar-refractivity contribution in [3.63, 3.8) is 0 Å². The summed E-state index contributed by atoms with van der Waals surface area (Å²) in [5.41, 5.74) is 3.43. The van der Waals surface area contributed by atoms with E-state index in [2.05, 4.69) is 34.1 Å². The molecule has 1 aliphatic carbocycles. The second-order valence-electron chi connectivity index (χ2n) is 7.84. The van der Waals surface area contributed by atoms with Crippen LogP contribution in [0.4, 0.5) is 5.69 Å². The molecule has 142 valence electrons. The van der Waals surface area contributed by atoms with Crippen molar-refractivity contribution >= 4 is 11.6 Å². The molecular weight excluding hydrogens is 338 g/mol. The van der Waals surface area contributed by atoms with Crippen molar-refractivity contribution in [2.45, 2.75) is 32.1 Å². The Morgan fingerprint density at radius 2 is 2.00 bits per heavy atom. The quantitative estimate of drug-likeness (QED) is 0.906. The summed E-state index contributed by atoms with van der Waals surface area (Å²) in [6.07, 6.45) is 5.15. The van der Waals surface area contributed by atoms with E-state index in [1.807, 2.05) is 19.2 Å². The molecule has 0 saturated carbocycles. The molecule has 1 amide bonds. The Bertz CT molecular complexity index is 875. The topological polar surface area (TPSA) is 56.4 Å². The first-order chi connectivity index (χ1) is 13.1. The third-order valence-electron chi connectivity index (χ3n) is 5.85. The Kier molecular flexibility index (Phi) is 5.01. The molecule has 4 rings (SSSR count). The standard InChI is InChI=1S/C22H27N3O2/c1-24(14-16-11-12-25(15-16)18-8-3-2-4-9-18)22(27)19-13-17-7-5-6-10-20(17)23-21(19)26/h2-4,8-9,13,16H,5-7,10-12,14-15H2,1H3,(H,23,26)/t16-/m1/s1. The van der Waals surface area contributed by atoms with E-state index in [9.17, 15) is 9.59 Å². The van der Waals surface area contributed by atoms with Gasteiger partial charge in [0.2, 0.25) is 0 Å². The number of para-hydroxylation sites is 1. The summed E-state index contributed by atoms with van der Waals surface area (Å²) in [5, 5.41) is 0. The van der Waals surface area contributed by atoms with Crippen LogP contribution in [0.15, 0.2) is 41.2 Å². The number of amides is 1. The molecule has 0 bridgehead atoms. The number of aromatic nitrogens is 1. The molecule has 5 heteroatoms. The number of carbonyl (C=O) groups excluding carboxylic acids is 1. The number of hydrogen-bond donors (Lipinski definition) is 1. The van der Waals surface area contributed by atoms with Crippen molar-refractivity contribution in [2.24, 2.45) is 5.92 Å². The zero-order valence-electron chi connectivity index (χ0n) is 15.9. The summed E-state index contributed by atoms with van der Waals surface area (Å²) in [6.45, 7) is 2.64. The molecule has 1 atom stereocenters. The van der Waals surface area contributed by atoms with E-state index < -0.39 is 0 Å². The third kappa shape index (κ3) is 3.77. The number of aryl methyl sites for hydroxylation is 2. The fourth-order valence-electron chi connectivity index (χ4n) is 4.36. The lowest BCUT2D eigenvalue weighted by atomic mass is 9.95. The minimum atomic E-state index is -0.246. The third-order valence-corrected chi connectivity index (χ3v) is 5.85. The normalized spacial score (nSPS) is 19.0. The Balaban J connectivity index is 1.42. The average Bonchev–Trinajstić information content (AvgIpc) is 3.16. The number of pyridine rings is 1. The number of fused-ring (bicyclic) bond motifs is 1. The van der Waals surface area contributed by atoms with Crippen LogP contribution in [-0.4, -0.2) is 42.5 Å². The first-order valence-electron chi connectivity index (χ1n) is 9.92. The molecule has 1 aromatic heterocycles. The van der Waals surface area contributed by atoms with Gasteiger partial charge in [-0.3, -0.25) is 9.59 Å². The second kappa shape index (κ2) is 7.59. The molecule has 2 heterocycles. The highest BCUT2D eigenvalue weighted by Gasteiger charge is 2.26. The van der Waals surface area contributed by atoms with E-state index >= 15 is 0 Å². The summed E-state index contributed by atoms with van der Waals surface area (Å²) in [7, 11) is 1.81. The van der Waals surface area contributed by atoms with E-state index in [0.717, 1.165) is 56.5 Å². The summed E-state index contributed by atoms with van der Waals surface area (Å²) < 4.78 is 0. The number of nitrogens with one attached hydrogen (secondary N) is 1. The van der Waals surface area contributed by atoms with E-state index in [0.29, 0.717) is 12.5 Å². The van der Waals surface area contributed by atoms with Crippen molar-refractivity contribution in [1.29, 1.82) is 0 Å². The molecule has 27 heavy (non-hydrogen) atoms. The number of carbonyl (C=O) groups is 1. The number of H-pyrrole nitrogens is 1. The van der Waals surface area contributed by atoms with Crippen LogP contribution >= 0.6 is 0 Å². The van der Waals surface area contributed by atoms with Crippen molar-refractivity contribution in [3.05, 3.63) is 63.6 Å². The number of benzene rings is 1. The van der Waals surface area contributed by atoms with Gasteiger partial charge in [-0.1, -0.05) is 18.2 Å². The number of hydrogen-bond acceptors (Lipinski definition) is 3. The van der Waals surface area contributed by atoms with Crippen LogP contribution in [0.5, 0.6) is 0 Å². The summed E-state index contributed by atoms with van der Waals surface area (Å²) in [5.74, 6) is 0.263. The molecule has 1 aliphatic heterocycles. The first kappa shape index (κ1) is 17.8. The predicted molar refractivity (Wildman–Crippen MR) is 107 cm³/mol. The fourth-order valence-corrected chi connectivity index (χ4v) is 4.36. The highest BCUT2D eigenvalue weighted by atomic mass is 16.2. The average molecular weight is 365 g/mol. The van der Waals surface area contributed by atoms with Crippen LogP contribution < -0.4 is 10.5 Å². The lowest BCUT2D eigenvalue weighted by Gasteiger charge is -2.23. The molecule has 1 aromatic carbocycles. The van der Waals surface area contributed by atoms with Crippen LogP contribution in [0, 0.1) is 5.92 Å². The van der Waals surface area contributed by atoms with Gasteiger partial charge >= 0.3 is 0 Å². The summed E-state index contributed by atoms with van der Waals surface area (Å²) in [6, 6.07) is 12.2. The monoisotopic (exact) mass is 365 g/mol. The van der Waals surface area contributed by atoms with E-state index in [4.69, 9.17) is 0 Å². The molecule has 0 spiro atoms. The van der Waals surface area contributed by atoms with Crippen LogP contribution in [0.1, 0.15) is 40.9 Å². The first-order valence-corrected chi connectivity index (χ1v) is 9.92. The maximum absolute atomic E-state index is 12.9. The van der Waals surface area contributed by atoms with Crippen LogP contribution in [-0.2, 0) is 12.8 Å². The van der Waals surface area contributed by atoms with Gasteiger partial charge in [0.15, 0.2) is 0 Å². The lowest BCUT2D eigenvalue weighted by Crippen LogP contribution is -2.36. The van der Waals surface area contributed by atoms with Crippen molar-refractivity contribution in [1.82, 2.24) is 9.88 Å². The Morgan fingerprint density at radius 3 is 2.81 bits per heavy atom. The maximum atomic E-state index is 12.9. The van der Waals surface area contributed by atoms with Gasteiger partial charge in [-0.15, -0.1) is 0 Å². The fraction of sp³-hybridized carbons (Fsp3) is 0.455. The van der Waals surface area contributed by atoms with E-state index in [-0.39, 0.29) is 17.0 Å². The smallest absolute Gasteiger partial charge is 0.261 e. The summed E-state index contributed by atoms with van der Waals surface area (Å²) in [4.78, 5) is 32.3. The molecule has 2 aliphatic rings. The number of rotatable bonds is 4. The van der Waals surface area contributed by atoms with Crippen LogP contribution in [0.2, 0.25) is 0 Å². The lowest BCUT2D eigenvalue weighted by molar-refractivity contribution is 0.0774. The molecule has 1 fully saturated rings. The highest BCUT2D eigenvalue weighted by molar-refractivity contribution is 5.94. The van der Waals surface area contributed by atoms with Crippen LogP contribution in [0.25, 0.3) is 0 Å². The van der Waals surface area contributed by atoms with Gasteiger partial charge in [0.05, 0.1) is 0 Å². The molecule has 0 radical (unpaired) electrons. The van der Waals surface area contributed by atoms with Gasteiger partial charge in [-0.25, -0.2) is 0 Å². The minimum Gasteiger partial charge on any atom is -0.371 e. The van der Waals surface area contributed by atoms with E-state index in [1.54, 1.807) is 4.90 Å². The van der Waals surface area contributed by atoms with Crippen molar-refractivity contribution in [2.75, 3.05) is 31.6 Å². The molecule has 2 aromatic rings. The molecule has 1 N–H and O–H groups in total. The molecule has 0 unspecified atom stereocenters. The minimum absolute atomic E-state index is 0.164. The molecule has 5 nitrogen and oxygen atoms in total. The molecular formula is C22H27N3O2. The van der Waals surface area contributed by atoms with Crippen LogP contribution in [0.3, 0.4) is 0 Å². The van der Waals surface area contributed by atoms with Crippen molar-refractivity contribution in [3.8, 4) is 0 Å². The van der Waals surface area contributed by atoms with Gasteiger partial charge < -0.3 is 14.8 Å². The SMILES string of the molecule is CN(C[C@H]1CCN(c2ccccc2)C1)C(=O)c1cc2c([nH]c1=O)CCCC2. The van der Waals surface area contributed by atoms with Crippen molar-refractivity contribution < 1.29 is 4.79 Å². The number of nitrogens with zero attached hydrogens (tertiary/aromatic N) is 2. The Morgan fingerprint density at radius 1 is 1.22 bits per heavy atom. The number of anilines is 1. The highest BCUT2D eigenvalue weighted by Crippen LogP contribution is 2.24. The zero-order chi connectivity index (χ0) is 18.8. The Hall–Kier alpha value is -2.56. The van der Waals surface area contributed by atoms with Gasteiger partial charge in [0.25, 0.3) is 11.5 Å². The van der Waals surface area contributed by atoms with Gasteiger partial charge in [0.1, 0.15) is 5.56 Å². The van der Waals surface area contributed by atoms with Gasteiger partial charge in [-0.2, -0.15) is 0 Å². The maximum Gasteiger partial charge on any atom is 0.261 e. The van der Waals surface area contributed by atoms with Gasteiger partial charge in [-0.05, 0) is 61.8 Å². The zero-order valence-corrected chi connectivity index (χ0v) is 15.9. The number of aromatic amines is 1. The second-order valence-corrected chi connectivity index (χ2v) is 7.84. The largest absolute Gasteiger partial charge is 0.371 e. The summed E-state index contributed by atoms with van der Waals surface area (Å²) >= 11 is 0.